The third kappa shape index (κ3) is 3.63. The summed E-state index contributed by atoms with van der Waals surface area (Å²) in [6.45, 7) is 0.433. The summed E-state index contributed by atoms with van der Waals surface area (Å²) in [5, 5.41) is 11.5. The molecule has 19 heavy (non-hydrogen) atoms. The van der Waals surface area contributed by atoms with Gasteiger partial charge < -0.3 is 5.32 Å². The number of rotatable bonds is 3. The van der Waals surface area contributed by atoms with E-state index in [4.69, 9.17) is 5.26 Å². The third-order valence-electron chi connectivity index (χ3n) is 2.48. The molecule has 0 unspecified atom stereocenters. The van der Waals surface area contributed by atoms with E-state index in [1.165, 1.54) is 12.3 Å². The number of benzene rings is 1. The van der Waals surface area contributed by atoms with Gasteiger partial charge in [-0.05, 0) is 29.8 Å². The van der Waals surface area contributed by atoms with Gasteiger partial charge in [-0.2, -0.15) is 5.26 Å². The molecule has 4 nitrogen and oxygen atoms in total. The summed E-state index contributed by atoms with van der Waals surface area (Å²) in [6.07, 6.45) is 1.45. The quantitative estimate of drug-likeness (QED) is 0.946. The number of amides is 1. The zero-order chi connectivity index (χ0) is 13.7. The Morgan fingerprint density at radius 2 is 2.21 bits per heavy atom. The fourth-order valence-electron chi connectivity index (χ4n) is 1.56. The number of aromatic nitrogens is 1. The maximum atomic E-state index is 11.9. The van der Waals surface area contributed by atoms with E-state index in [0.717, 1.165) is 10.0 Å². The van der Waals surface area contributed by atoms with Gasteiger partial charge in [-0.25, -0.2) is 4.98 Å². The topological polar surface area (TPSA) is 65.8 Å². The van der Waals surface area contributed by atoms with E-state index in [1.807, 2.05) is 30.3 Å². The van der Waals surface area contributed by atoms with Gasteiger partial charge in [0.2, 0.25) is 0 Å². The van der Waals surface area contributed by atoms with Crippen molar-refractivity contribution >= 4 is 21.8 Å². The van der Waals surface area contributed by atoms with E-state index >= 15 is 0 Å². The maximum absolute atomic E-state index is 11.9. The zero-order valence-corrected chi connectivity index (χ0v) is 11.5. The summed E-state index contributed by atoms with van der Waals surface area (Å²) in [5.74, 6) is -0.223. The molecule has 0 aliphatic rings. The molecular weight excluding hydrogens is 306 g/mol. The molecule has 1 aromatic heterocycles. The lowest BCUT2D eigenvalue weighted by Gasteiger charge is -2.05. The van der Waals surface area contributed by atoms with Crippen molar-refractivity contribution in [3.63, 3.8) is 0 Å². The molecule has 1 heterocycles. The maximum Gasteiger partial charge on any atom is 0.251 e. The minimum absolute atomic E-state index is 0.223. The summed E-state index contributed by atoms with van der Waals surface area (Å²) in [6, 6.07) is 12.7. The Labute approximate surface area is 119 Å². The number of nitrogens with one attached hydrogen (secondary N) is 1. The van der Waals surface area contributed by atoms with Crippen molar-refractivity contribution in [3.8, 4) is 6.07 Å². The van der Waals surface area contributed by atoms with Crippen molar-refractivity contribution in [1.82, 2.24) is 10.3 Å². The normalized spacial score (nSPS) is 9.68. The highest BCUT2D eigenvalue weighted by Gasteiger charge is 2.06. The van der Waals surface area contributed by atoms with Gasteiger partial charge in [0.1, 0.15) is 11.8 Å². The van der Waals surface area contributed by atoms with Crippen molar-refractivity contribution in [2.45, 2.75) is 6.54 Å². The summed E-state index contributed by atoms with van der Waals surface area (Å²) in [5.41, 5.74) is 1.66. The van der Waals surface area contributed by atoms with Gasteiger partial charge in [0.25, 0.3) is 5.91 Å². The highest BCUT2D eigenvalue weighted by atomic mass is 79.9. The van der Waals surface area contributed by atoms with Crippen LogP contribution in [0.2, 0.25) is 0 Å². The molecular formula is C14H10BrN3O. The first-order valence-electron chi connectivity index (χ1n) is 5.58. The van der Waals surface area contributed by atoms with E-state index in [9.17, 15) is 4.79 Å². The minimum Gasteiger partial charge on any atom is -0.348 e. The van der Waals surface area contributed by atoms with Crippen molar-refractivity contribution < 1.29 is 4.79 Å². The molecule has 0 aliphatic heterocycles. The molecule has 0 fully saturated rings. The second-order valence-corrected chi connectivity index (χ2v) is 4.77. The number of pyridine rings is 1. The molecule has 1 amide bonds. The highest BCUT2D eigenvalue weighted by Crippen LogP contribution is 2.11. The third-order valence-corrected chi connectivity index (χ3v) is 2.97. The molecule has 2 aromatic rings. The molecule has 0 aliphatic carbocycles. The number of nitrogens with zero attached hydrogens (tertiary/aromatic N) is 2. The Kier molecular flexibility index (Phi) is 4.26. The van der Waals surface area contributed by atoms with Crippen molar-refractivity contribution in [2.75, 3.05) is 0 Å². The lowest BCUT2D eigenvalue weighted by Crippen LogP contribution is -2.22. The van der Waals surface area contributed by atoms with Gasteiger partial charge in [-0.1, -0.05) is 28.1 Å². The molecule has 0 radical (unpaired) electrons. The summed E-state index contributed by atoms with van der Waals surface area (Å²) < 4.78 is 0.968. The Balaban J connectivity index is 2.03. The van der Waals surface area contributed by atoms with E-state index < -0.39 is 0 Å². The van der Waals surface area contributed by atoms with Gasteiger partial charge in [-0.15, -0.1) is 0 Å². The Morgan fingerprint density at radius 3 is 2.95 bits per heavy atom. The number of carbonyl (C=O) groups excluding carboxylic acids is 1. The van der Waals surface area contributed by atoms with Crippen molar-refractivity contribution in [2.24, 2.45) is 0 Å². The molecule has 0 atom stereocenters. The van der Waals surface area contributed by atoms with Gasteiger partial charge in [0.15, 0.2) is 0 Å². The van der Waals surface area contributed by atoms with Crippen LogP contribution in [0.3, 0.4) is 0 Å². The molecule has 0 spiro atoms. The fourth-order valence-corrected chi connectivity index (χ4v) is 2.01. The monoisotopic (exact) mass is 315 g/mol. The SMILES string of the molecule is N#Cc1cc(C(=O)NCc2cccc(Br)c2)ccn1. The standard InChI is InChI=1S/C14H10BrN3O/c15-12-3-1-2-10(6-12)9-18-14(19)11-4-5-17-13(7-11)8-16/h1-7H,9H2,(H,18,19). The zero-order valence-electron chi connectivity index (χ0n) is 9.93. The predicted octanol–water partition coefficient (Wildman–Crippen LogP) is 2.65. The number of carbonyl (C=O) groups is 1. The number of hydrogen-bond donors (Lipinski definition) is 1. The molecule has 0 saturated heterocycles. The number of halogens is 1. The second-order valence-electron chi connectivity index (χ2n) is 3.85. The number of hydrogen-bond acceptors (Lipinski definition) is 3. The summed E-state index contributed by atoms with van der Waals surface area (Å²) in [4.78, 5) is 15.7. The van der Waals surface area contributed by atoms with Gasteiger partial charge in [-0.3, -0.25) is 4.79 Å². The van der Waals surface area contributed by atoms with E-state index in [0.29, 0.717) is 12.1 Å². The van der Waals surface area contributed by atoms with E-state index in [1.54, 1.807) is 6.07 Å². The molecule has 0 bridgehead atoms. The summed E-state index contributed by atoms with van der Waals surface area (Å²) in [7, 11) is 0. The molecule has 1 aromatic carbocycles. The van der Waals surface area contributed by atoms with Crippen LogP contribution in [-0.2, 0) is 6.54 Å². The predicted molar refractivity (Wildman–Crippen MR) is 74.3 cm³/mol. The average molecular weight is 316 g/mol. The Hall–Kier alpha value is -2.19. The highest BCUT2D eigenvalue weighted by molar-refractivity contribution is 9.10. The molecule has 94 valence electrons. The van der Waals surface area contributed by atoms with Crippen LogP contribution in [0.25, 0.3) is 0 Å². The lowest BCUT2D eigenvalue weighted by atomic mass is 10.2. The first kappa shape index (κ1) is 13.2. The Morgan fingerprint density at radius 1 is 1.37 bits per heavy atom. The first-order chi connectivity index (χ1) is 9.19. The minimum atomic E-state index is -0.223. The van der Waals surface area contributed by atoms with Crippen LogP contribution in [0.1, 0.15) is 21.6 Å². The fraction of sp³-hybridized carbons (Fsp3) is 0.0714. The van der Waals surface area contributed by atoms with E-state index in [-0.39, 0.29) is 11.6 Å². The van der Waals surface area contributed by atoms with Gasteiger partial charge in [0.05, 0.1) is 0 Å². The molecule has 5 heteroatoms. The van der Waals surface area contributed by atoms with E-state index in [2.05, 4.69) is 26.2 Å². The smallest absolute Gasteiger partial charge is 0.251 e. The molecule has 0 saturated carbocycles. The molecule has 2 rings (SSSR count). The van der Waals surface area contributed by atoms with Crippen LogP contribution in [-0.4, -0.2) is 10.9 Å². The van der Waals surface area contributed by atoms with Crippen LogP contribution >= 0.6 is 15.9 Å². The summed E-state index contributed by atoms with van der Waals surface area (Å²) >= 11 is 3.38. The Bertz CT molecular complexity index is 649. The second kappa shape index (κ2) is 6.12. The average Bonchev–Trinajstić information content (AvgIpc) is 2.45. The largest absolute Gasteiger partial charge is 0.348 e. The van der Waals surface area contributed by atoms with Crippen LogP contribution in [0, 0.1) is 11.3 Å². The van der Waals surface area contributed by atoms with Gasteiger partial charge in [0, 0.05) is 22.8 Å². The van der Waals surface area contributed by atoms with Crippen LogP contribution in [0.4, 0.5) is 0 Å². The van der Waals surface area contributed by atoms with Crippen LogP contribution in [0.5, 0.6) is 0 Å². The van der Waals surface area contributed by atoms with Crippen molar-refractivity contribution in [3.05, 3.63) is 63.9 Å². The lowest BCUT2D eigenvalue weighted by molar-refractivity contribution is 0.0950. The first-order valence-corrected chi connectivity index (χ1v) is 6.37. The molecule has 1 N–H and O–H groups in total. The van der Waals surface area contributed by atoms with Gasteiger partial charge >= 0.3 is 0 Å². The van der Waals surface area contributed by atoms with Crippen LogP contribution < -0.4 is 5.32 Å². The van der Waals surface area contributed by atoms with Crippen molar-refractivity contribution in [1.29, 1.82) is 5.26 Å². The van der Waals surface area contributed by atoms with Crippen LogP contribution in [0.15, 0.2) is 47.1 Å². The number of nitriles is 1.